The van der Waals surface area contributed by atoms with Crippen molar-refractivity contribution in [1.82, 2.24) is 10.5 Å². The number of nitrogens with one attached hydrogen (secondary N) is 2. The molecule has 1 aromatic carbocycles. The van der Waals surface area contributed by atoms with E-state index in [1.807, 2.05) is 37.3 Å². The number of carbonyl (C=O) groups excluding carboxylic acids is 2. The lowest BCUT2D eigenvalue weighted by molar-refractivity contribution is -0.142. The second kappa shape index (κ2) is 5.65. The molecule has 0 saturated carbocycles. The predicted molar refractivity (Wildman–Crippen MR) is 80.5 cm³/mol. The zero-order valence-electron chi connectivity index (χ0n) is 12.3. The third-order valence-corrected chi connectivity index (χ3v) is 3.66. The Kier molecular flexibility index (Phi) is 3.68. The van der Waals surface area contributed by atoms with E-state index in [-0.39, 0.29) is 5.57 Å². The first kappa shape index (κ1) is 14.3. The molecular weight excluding hydrogens is 284 g/mol. The van der Waals surface area contributed by atoms with E-state index in [2.05, 4.69) is 15.3 Å². The molecule has 6 nitrogen and oxygen atoms in total. The average Bonchev–Trinajstić information content (AvgIpc) is 3.07. The summed E-state index contributed by atoms with van der Waals surface area (Å²) in [5, 5.41) is 1.01. The quantitative estimate of drug-likeness (QED) is 0.513. The van der Waals surface area contributed by atoms with Gasteiger partial charge < -0.3 is 9.72 Å². The van der Waals surface area contributed by atoms with E-state index in [1.165, 1.54) is 7.11 Å². The van der Waals surface area contributed by atoms with E-state index >= 15 is 0 Å². The Morgan fingerprint density at radius 3 is 2.86 bits per heavy atom. The van der Waals surface area contributed by atoms with Crippen LogP contribution >= 0.6 is 0 Å². The molecule has 1 aliphatic rings. The highest BCUT2D eigenvalue weighted by Crippen LogP contribution is 2.34. The van der Waals surface area contributed by atoms with Gasteiger partial charge in [-0.3, -0.25) is 9.63 Å². The van der Waals surface area contributed by atoms with E-state index in [4.69, 9.17) is 4.74 Å². The maximum absolute atomic E-state index is 12.1. The lowest BCUT2D eigenvalue weighted by atomic mass is 10.00. The number of carbonyl (C=O) groups is 2. The van der Waals surface area contributed by atoms with Crippen molar-refractivity contribution in [2.45, 2.75) is 19.4 Å². The maximum atomic E-state index is 12.1. The van der Waals surface area contributed by atoms with Crippen molar-refractivity contribution in [2.24, 2.45) is 0 Å². The van der Waals surface area contributed by atoms with Crippen LogP contribution < -0.4 is 5.48 Å². The number of ether oxygens (including phenoxy) is 1. The summed E-state index contributed by atoms with van der Waals surface area (Å²) in [5.74, 6) is -1.23. The van der Waals surface area contributed by atoms with Crippen LogP contribution in [0.25, 0.3) is 16.5 Å². The molecule has 1 aliphatic heterocycles. The molecule has 1 aromatic heterocycles. The number of hydrogen-bond donors (Lipinski definition) is 2. The number of aromatic nitrogens is 1. The number of rotatable bonds is 4. The standard InChI is InChI=1S/C16H16N2O4/c1-3-12-13(14(16(20)22-12)15(19)18-21-2)11-8-9-6-4-5-7-10(9)17-11/h4-8,12,17H,3H2,1-2H3,(H,18,19). The van der Waals surface area contributed by atoms with Gasteiger partial charge in [0.25, 0.3) is 5.91 Å². The summed E-state index contributed by atoms with van der Waals surface area (Å²) in [7, 11) is 1.32. The maximum Gasteiger partial charge on any atom is 0.344 e. The molecule has 0 aliphatic carbocycles. The minimum atomic E-state index is -0.630. The third kappa shape index (κ3) is 2.27. The topological polar surface area (TPSA) is 80.4 Å². The number of hydrogen-bond acceptors (Lipinski definition) is 4. The van der Waals surface area contributed by atoms with E-state index in [0.717, 1.165) is 10.9 Å². The summed E-state index contributed by atoms with van der Waals surface area (Å²) in [6.45, 7) is 1.90. The number of cyclic esters (lactones) is 1. The Bertz CT molecular complexity index is 742. The fourth-order valence-electron chi connectivity index (χ4n) is 2.69. The number of aromatic amines is 1. The van der Waals surface area contributed by atoms with Crippen LogP contribution in [0.1, 0.15) is 19.0 Å². The van der Waals surface area contributed by atoms with E-state index in [0.29, 0.717) is 17.7 Å². The van der Waals surface area contributed by atoms with Crippen molar-refractivity contribution in [2.75, 3.05) is 7.11 Å². The summed E-state index contributed by atoms with van der Waals surface area (Å²) >= 11 is 0. The van der Waals surface area contributed by atoms with Gasteiger partial charge in [-0.1, -0.05) is 25.1 Å². The number of benzene rings is 1. The van der Waals surface area contributed by atoms with Crippen LogP contribution in [0.15, 0.2) is 35.9 Å². The van der Waals surface area contributed by atoms with Crippen molar-refractivity contribution in [3.8, 4) is 0 Å². The van der Waals surface area contributed by atoms with Crippen molar-refractivity contribution in [3.05, 3.63) is 41.6 Å². The smallest absolute Gasteiger partial charge is 0.344 e. The summed E-state index contributed by atoms with van der Waals surface area (Å²) in [6, 6.07) is 9.66. The first-order chi connectivity index (χ1) is 10.7. The molecule has 6 heteroatoms. The summed E-state index contributed by atoms with van der Waals surface area (Å²) in [5.41, 5.74) is 4.38. The first-order valence-electron chi connectivity index (χ1n) is 7.02. The lowest BCUT2D eigenvalue weighted by Gasteiger charge is -2.10. The molecule has 0 radical (unpaired) electrons. The van der Waals surface area contributed by atoms with Crippen LogP contribution in [-0.2, 0) is 19.2 Å². The Hall–Kier alpha value is -2.60. The average molecular weight is 300 g/mol. The molecule has 3 rings (SSSR count). The van der Waals surface area contributed by atoms with Gasteiger partial charge in [-0.15, -0.1) is 0 Å². The minimum absolute atomic E-state index is 0.0137. The number of hydroxylamine groups is 1. The van der Waals surface area contributed by atoms with E-state index in [9.17, 15) is 9.59 Å². The molecule has 1 unspecified atom stereocenters. The molecule has 0 saturated heterocycles. The third-order valence-electron chi connectivity index (χ3n) is 3.66. The van der Waals surface area contributed by atoms with Crippen molar-refractivity contribution >= 4 is 28.4 Å². The highest BCUT2D eigenvalue weighted by Gasteiger charge is 2.38. The largest absolute Gasteiger partial charge is 0.454 e. The second-order valence-electron chi connectivity index (χ2n) is 5.00. The normalized spacial score (nSPS) is 17.9. The number of amides is 1. The molecule has 2 heterocycles. The van der Waals surface area contributed by atoms with Crippen LogP contribution in [0.4, 0.5) is 0 Å². The second-order valence-corrected chi connectivity index (χ2v) is 5.00. The highest BCUT2D eigenvalue weighted by molar-refractivity contribution is 6.24. The highest BCUT2D eigenvalue weighted by atomic mass is 16.6. The predicted octanol–water partition coefficient (Wildman–Crippen LogP) is 1.93. The Labute approximate surface area is 127 Å². The summed E-state index contributed by atoms with van der Waals surface area (Å²) < 4.78 is 5.30. The molecular formula is C16H16N2O4. The monoisotopic (exact) mass is 300 g/mol. The van der Waals surface area contributed by atoms with Gasteiger partial charge in [0.15, 0.2) is 0 Å². The molecule has 1 atom stereocenters. The lowest BCUT2D eigenvalue weighted by Crippen LogP contribution is -2.26. The Balaban J connectivity index is 2.16. The number of para-hydroxylation sites is 1. The van der Waals surface area contributed by atoms with Gasteiger partial charge in [0.1, 0.15) is 11.7 Å². The van der Waals surface area contributed by atoms with E-state index < -0.39 is 18.0 Å². The van der Waals surface area contributed by atoms with Crippen LogP contribution in [0.3, 0.4) is 0 Å². The van der Waals surface area contributed by atoms with Crippen LogP contribution in [0, 0.1) is 0 Å². The van der Waals surface area contributed by atoms with Crippen LogP contribution in [-0.4, -0.2) is 30.1 Å². The van der Waals surface area contributed by atoms with Gasteiger partial charge in [0.05, 0.1) is 7.11 Å². The van der Waals surface area contributed by atoms with Crippen molar-refractivity contribution in [1.29, 1.82) is 0 Å². The number of H-pyrrole nitrogens is 1. The molecule has 0 fully saturated rings. The molecule has 1 amide bonds. The van der Waals surface area contributed by atoms with Crippen molar-refractivity contribution < 1.29 is 19.2 Å². The minimum Gasteiger partial charge on any atom is -0.454 e. The number of esters is 1. The van der Waals surface area contributed by atoms with Gasteiger partial charge in [-0.05, 0) is 23.9 Å². The fourth-order valence-corrected chi connectivity index (χ4v) is 2.69. The Morgan fingerprint density at radius 2 is 2.18 bits per heavy atom. The van der Waals surface area contributed by atoms with Crippen LogP contribution in [0.5, 0.6) is 0 Å². The zero-order chi connectivity index (χ0) is 15.7. The van der Waals surface area contributed by atoms with E-state index in [1.54, 1.807) is 0 Å². The fraction of sp³-hybridized carbons (Fsp3) is 0.250. The molecule has 0 bridgehead atoms. The van der Waals surface area contributed by atoms with Gasteiger partial charge in [0.2, 0.25) is 0 Å². The first-order valence-corrected chi connectivity index (χ1v) is 7.02. The molecule has 2 N–H and O–H groups in total. The Morgan fingerprint density at radius 1 is 1.41 bits per heavy atom. The number of fused-ring (bicyclic) bond motifs is 1. The molecule has 2 aromatic rings. The molecule has 114 valence electrons. The summed E-state index contributed by atoms with van der Waals surface area (Å²) in [6.07, 6.45) is 0.137. The summed E-state index contributed by atoms with van der Waals surface area (Å²) in [4.78, 5) is 32.0. The van der Waals surface area contributed by atoms with Gasteiger partial charge in [-0.2, -0.15) is 0 Å². The zero-order valence-corrected chi connectivity index (χ0v) is 12.3. The van der Waals surface area contributed by atoms with Gasteiger partial charge >= 0.3 is 5.97 Å². The van der Waals surface area contributed by atoms with Crippen LogP contribution in [0.2, 0.25) is 0 Å². The van der Waals surface area contributed by atoms with Crippen molar-refractivity contribution in [3.63, 3.8) is 0 Å². The molecule has 0 spiro atoms. The van der Waals surface area contributed by atoms with Gasteiger partial charge in [-0.25, -0.2) is 10.3 Å². The van der Waals surface area contributed by atoms with Gasteiger partial charge in [0, 0.05) is 16.8 Å². The molecule has 22 heavy (non-hydrogen) atoms. The SMILES string of the molecule is CCC1OC(=O)C(C(=O)NOC)=C1c1cc2ccccc2[nH]1.